The van der Waals surface area contributed by atoms with Crippen LogP contribution in [-0.4, -0.2) is 11.7 Å². The van der Waals surface area contributed by atoms with Gasteiger partial charge in [-0.3, -0.25) is 9.69 Å². The van der Waals surface area contributed by atoms with Gasteiger partial charge in [-0.05, 0) is 48.0 Å². The molecule has 1 heterocycles. The number of carbonyl (C=O) groups excluding carboxylic acids is 1. The number of carbonyl (C=O) groups is 1. The van der Waals surface area contributed by atoms with E-state index in [4.69, 9.17) is 11.6 Å². The van der Waals surface area contributed by atoms with E-state index in [1.165, 1.54) is 11.0 Å². The molecular formula is C22H14ClFN2O. The highest BCUT2D eigenvalue weighted by molar-refractivity contribution is 6.34. The van der Waals surface area contributed by atoms with Crippen LogP contribution in [0.15, 0.2) is 89.6 Å². The van der Waals surface area contributed by atoms with E-state index in [0.717, 1.165) is 5.56 Å². The molecule has 0 fully saturated rings. The van der Waals surface area contributed by atoms with Crippen LogP contribution in [0.2, 0.25) is 5.02 Å². The Balaban J connectivity index is 1.85. The number of aliphatic imine (C=N–C) groups is 1. The molecule has 1 amide bonds. The molecule has 0 saturated heterocycles. The minimum Gasteiger partial charge on any atom is -0.266 e. The van der Waals surface area contributed by atoms with Crippen molar-refractivity contribution in [3.8, 4) is 0 Å². The molecule has 0 radical (unpaired) electrons. The molecule has 0 bridgehead atoms. The first-order valence-electron chi connectivity index (χ1n) is 8.34. The van der Waals surface area contributed by atoms with Gasteiger partial charge in [0.1, 0.15) is 11.5 Å². The van der Waals surface area contributed by atoms with Crippen molar-refractivity contribution in [3.63, 3.8) is 0 Å². The van der Waals surface area contributed by atoms with Gasteiger partial charge in [0.2, 0.25) is 0 Å². The maximum absolute atomic E-state index is 14.4. The van der Waals surface area contributed by atoms with Gasteiger partial charge in [0.05, 0.1) is 11.3 Å². The van der Waals surface area contributed by atoms with E-state index < -0.39 is 5.82 Å². The number of hydrogen-bond donors (Lipinski definition) is 0. The number of anilines is 1. The normalized spacial score (nSPS) is 15.3. The van der Waals surface area contributed by atoms with E-state index in [2.05, 4.69) is 4.99 Å². The van der Waals surface area contributed by atoms with Crippen LogP contribution in [0, 0.1) is 5.82 Å². The van der Waals surface area contributed by atoms with E-state index in [1.54, 1.807) is 48.5 Å². The highest BCUT2D eigenvalue weighted by Crippen LogP contribution is 2.29. The summed E-state index contributed by atoms with van der Waals surface area (Å²) in [5, 5.41) is 0.551. The fraction of sp³-hybridized carbons (Fsp3) is 0. The Labute approximate surface area is 161 Å². The summed E-state index contributed by atoms with van der Waals surface area (Å²) in [5.74, 6) is -0.508. The van der Waals surface area contributed by atoms with Crippen LogP contribution in [-0.2, 0) is 4.79 Å². The lowest BCUT2D eigenvalue weighted by atomic mass is 10.1. The lowest BCUT2D eigenvalue weighted by molar-refractivity contribution is -0.113. The molecule has 0 aliphatic carbocycles. The molecule has 132 valence electrons. The van der Waals surface area contributed by atoms with Crippen molar-refractivity contribution in [2.75, 3.05) is 4.90 Å². The van der Waals surface area contributed by atoms with Crippen molar-refractivity contribution in [2.24, 2.45) is 4.99 Å². The molecule has 1 aliphatic rings. The van der Waals surface area contributed by atoms with Crippen molar-refractivity contribution in [2.45, 2.75) is 0 Å². The number of benzene rings is 3. The van der Waals surface area contributed by atoms with E-state index in [0.29, 0.717) is 10.7 Å². The maximum Gasteiger partial charge on any atom is 0.282 e. The third-order valence-corrected chi connectivity index (χ3v) is 4.41. The number of halogens is 2. The number of nitrogens with zero attached hydrogens (tertiary/aromatic N) is 2. The Kier molecular flexibility index (Phi) is 4.57. The van der Waals surface area contributed by atoms with Crippen LogP contribution in [0.3, 0.4) is 0 Å². The van der Waals surface area contributed by atoms with Gasteiger partial charge in [-0.25, -0.2) is 9.38 Å². The Morgan fingerprint density at radius 3 is 2.26 bits per heavy atom. The van der Waals surface area contributed by atoms with E-state index in [9.17, 15) is 9.18 Å². The molecule has 4 rings (SSSR count). The van der Waals surface area contributed by atoms with Crippen LogP contribution >= 0.6 is 11.6 Å². The summed E-state index contributed by atoms with van der Waals surface area (Å²) >= 11 is 5.96. The summed E-state index contributed by atoms with van der Waals surface area (Å²) in [5.41, 5.74) is 1.92. The van der Waals surface area contributed by atoms with E-state index in [1.807, 2.05) is 30.3 Å². The van der Waals surface area contributed by atoms with Gasteiger partial charge in [0.15, 0.2) is 5.84 Å². The lowest BCUT2D eigenvalue weighted by Crippen LogP contribution is -2.33. The first-order valence-corrected chi connectivity index (χ1v) is 8.71. The molecule has 0 saturated carbocycles. The third kappa shape index (κ3) is 3.39. The summed E-state index contributed by atoms with van der Waals surface area (Å²) in [6.45, 7) is 0. The van der Waals surface area contributed by atoms with Gasteiger partial charge < -0.3 is 0 Å². The number of hydrogen-bond acceptors (Lipinski definition) is 2. The molecule has 5 heteroatoms. The third-order valence-electron chi connectivity index (χ3n) is 4.16. The molecule has 3 aromatic rings. The van der Waals surface area contributed by atoms with E-state index in [-0.39, 0.29) is 23.0 Å². The second-order valence-electron chi connectivity index (χ2n) is 5.97. The van der Waals surface area contributed by atoms with Crippen LogP contribution < -0.4 is 4.90 Å². The van der Waals surface area contributed by atoms with Crippen LogP contribution in [0.1, 0.15) is 11.1 Å². The second kappa shape index (κ2) is 7.17. The molecule has 0 N–H and O–H groups in total. The fourth-order valence-corrected chi connectivity index (χ4v) is 3.00. The van der Waals surface area contributed by atoms with Crippen molar-refractivity contribution in [1.82, 2.24) is 0 Å². The molecule has 0 aromatic heterocycles. The summed E-state index contributed by atoms with van der Waals surface area (Å²) in [7, 11) is 0. The molecular weight excluding hydrogens is 363 g/mol. The van der Waals surface area contributed by atoms with Crippen molar-refractivity contribution in [1.29, 1.82) is 0 Å². The van der Waals surface area contributed by atoms with Crippen LogP contribution in [0.5, 0.6) is 0 Å². The highest BCUT2D eigenvalue weighted by atomic mass is 35.5. The smallest absolute Gasteiger partial charge is 0.266 e. The average molecular weight is 377 g/mol. The van der Waals surface area contributed by atoms with Gasteiger partial charge in [-0.15, -0.1) is 0 Å². The monoisotopic (exact) mass is 376 g/mol. The summed E-state index contributed by atoms with van der Waals surface area (Å²) in [4.78, 5) is 18.9. The molecule has 27 heavy (non-hydrogen) atoms. The maximum atomic E-state index is 14.4. The Bertz CT molecular complexity index is 1060. The van der Waals surface area contributed by atoms with Crippen LogP contribution in [0.25, 0.3) is 6.08 Å². The van der Waals surface area contributed by atoms with Crippen molar-refractivity contribution >= 4 is 35.1 Å². The van der Waals surface area contributed by atoms with Crippen LogP contribution in [0.4, 0.5) is 10.1 Å². The zero-order valence-corrected chi connectivity index (χ0v) is 14.9. The summed E-state index contributed by atoms with van der Waals surface area (Å²) in [6, 6.07) is 22.5. The minimum atomic E-state index is -0.441. The standard InChI is InChI=1S/C22H14ClFN2O/c23-16-10-12-17(13-11-16)26-21(18-8-4-5-9-19(18)24)25-20(22(26)27)14-15-6-2-1-3-7-15/h1-14H/b20-14+. The van der Waals surface area contributed by atoms with Crippen molar-refractivity contribution < 1.29 is 9.18 Å². The predicted octanol–water partition coefficient (Wildman–Crippen LogP) is 5.31. The second-order valence-corrected chi connectivity index (χ2v) is 6.41. The molecule has 3 nitrogen and oxygen atoms in total. The SMILES string of the molecule is O=C1/C(=C\c2ccccc2)N=C(c2ccccc2F)N1c1ccc(Cl)cc1. The number of rotatable bonds is 3. The highest BCUT2D eigenvalue weighted by Gasteiger charge is 2.33. The van der Waals surface area contributed by atoms with Crippen molar-refractivity contribution in [3.05, 3.63) is 107 Å². The Morgan fingerprint density at radius 2 is 1.56 bits per heavy atom. The van der Waals surface area contributed by atoms with Gasteiger partial charge in [0.25, 0.3) is 5.91 Å². The Morgan fingerprint density at radius 1 is 0.889 bits per heavy atom. The van der Waals surface area contributed by atoms with Gasteiger partial charge in [0, 0.05) is 5.02 Å². The van der Waals surface area contributed by atoms with Gasteiger partial charge in [-0.2, -0.15) is 0 Å². The van der Waals surface area contributed by atoms with E-state index >= 15 is 0 Å². The largest absolute Gasteiger partial charge is 0.282 e. The first-order chi connectivity index (χ1) is 13.1. The summed E-state index contributed by atoms with van der Waals surface area (Å²) < 4.78 is 14.4. The quantitative estimate of drug-likeness (QED) is 0.570. The van der Waals surface area contributed by atoms with Gasteiger partial charge >= 0.3 is 0 Å². The molecule has 1 aliphatic heterocycles. The zero-order chi connectivity index (χ0) is 18.8. The molecule has 0 spiro atoms. The molecule has 0 unspecified atom stereocenters. The van der Waals surface area contributed by atoms with Gasteiger partial charge in [-0.1, -0.05) is 54.1 Å². The minimum absolute atomic E-state index is 0.245. The fourth-order valence-electron chi connectivity index (χ4n) is 2.88. The summed E-state index contributed by atoms with van der Waals surface area (Å²) in [6.07, 6.45) is 1.69. The Hall–Kier alpha value is -3.24. The first kappa shape index (κ1) is 17.2. The zero-order valence-electron chi connectivity index (χ0n) is 14.1. The molecule has 3 aromatic carbocycles. The number of amidine groups is 1. The topological polar surface area (TPSA) is 32.7 Å². The number of amides is 1. The lowest BCUT2D eigenvalue weighted by Gasteiger charge is -2.18. The molecule has 0 atom stereocenters. The average Bonchev–Trinajstić information content (AvgIpc) is 3.00. The predicted molar refractivity (Wildman–Crippen MR) is 106 cm³/mol.